The number of benzene rings is 2. The first-order valence-electron chi connectivity index (χ1n) is 11.1. The molecule has 5 rings (SSSR count). The number of ether oxygens (including phenoxy) is 2. The standard InChI is InChI=1S/C24H22FN7O4/c1-28-18-5-14(25)4-17-20-22(29-21(17)18)30-24(31-23(20)32-9-13(8-27)10-32)36-16-3-12(7-26)2-15(6-16)35-11-19(33)34/h2-6,13,28H,8-11,27H2,1H3,(H,33,34)(H,29,30,31). The van der Waals surface area contributed by atoms with E-state index in [0.717, 1.165) is 0 Å². The van der Waals surface area contributed by atoms with Crippen molar-refractivity contribution in [3.8, 4) is 23.6 Å². The molecule has 0 bridgehead atoms. The molecule has 0 saturated carbocycles. The van der Waals surface area contributed by atoms with Crippen LogP contribution in [0.1, 0.15) is 5.56 Å². The van der Waals surface area contributed by atoms with E-state index in [0.29, 0.717) is 59.0 Å². The van der Waals surface area contributed by atoms with Crippen molar-refractivity contribution in [3.05, 3.63) is 41.7 Å². The summed E-state index contributed by atoms with van der Waals surface area (Å²) in [6, 6.07) is 9.13. The molecular weight excluding hydrogens is 469 g/mol. The van der Waals surface area contributed by atoms with E-state index in [9.17, 15) is 14.4 Å². The molecule has 184 valence electrons. The van der Waals surface area contributed by atoms with E-state index in [4.69, 9.17) is 20.3 Å². The number of H-pyrrole nitrogens is 1. The van der Waals surface area contributed by atoms with Gasteiger partial charge in [0.25, 0.3) is 0 Å². The van der Waals surface area contributed by atoms with Crippen LogP contribution in [0.3, 0.4) is 0 Å². The van der Waals surface area contributed by atoms with Crippen molar-refractivity contribution in [1.82, 2.24) is 15.0 Å². The lowest BCUT2D eigenvalue weighted by Gasteiger charge is -2.39. The summed E-state index contributed by atoms with van der Waals surface area (Å²) in [5, 5.41) is 22.5. The van der Waals surface area contributed by atoms with Crippen LogP contribution in [-0.2, 0) is 4.79 Å². The Morgan fingerprint density at radius 1 is 1.31 bits per heavy atom. The van der Waals surface area contributed by atoms with Crippen molar-refractivity contribution >= 4 is 39.4 Å². The Hall–Kier alpha value is -4.63. The van der Waals surface area contributed by atoms with Crippen LogP contribution in [0, 0.1) is 23.1 Å². The van der Waals surface area contributed by atoms with Gasteiger partial charge in [-0.3, -0.25) is 0 Å². The van der Waals surface area contributed by atoms with E-state index in [1.165, 1.54) is 30.3 Å². The van der Waals surface area contributed by atoms with Crippen LogP contribution in [0.5, 0.6) is 17.5 Å². The Morgan fingerprint density at radius 3 is 2.78 bits per heavy atom. The molecule has 11 nitrogen and oxygen atoms in total. The number of nitriles is 1. The van der Waals surface area contributed by atoms with Gasteiger partial charge in [-0.15, -0.1) is 0 Å². The average molecular weight is 491 g/mol. The zero-order valence-corrected chi connectivity index (χ0v) is 19.2. The minimum absolute atomic E-state index is 0.00833. The monoisotopic (exact) mass is 491 g/mol. The van der Waals surface area contributed by atoms with Crippen molar-refractivity contribution in [1.29, 1.82) is 5.26 Å². The first kappa shape index (κ1) is 23.1. The van der Waals surface area contributed by atoms with Crippen LogP contribution < -0.4 is 25.4 Å². The quantitative estimate of drug-likeness (QED) is 0.288. The topological polar surface area (TPSA) is 162 Å². The fourth-order valence-electron chi connectivity index (χ4n) is 4.22. The lowest BCUT2D eigenvalue weighted by atomic mass is 10.00. The van der Waals surface area contributed by atoms with E-state index in [1.54, 1.807) is 7.05 Å². The number of carboxylic acid groups (broad SMARTS) is 1. The Kier molecular flexibility index (Phi) is 5.91. The molecule has 0 radical (unpaired) electrons. The molecule has 5 N–H and O–H groups in total. The lowest BCUT2D eigenvalue weighted by Crippen LogP contribution is -2.50. The number of halogens is 1. The maximum Gasteiger partial charge on any atom is 0.341 e. The van der Waals surface area contributed by atoms with E-state index < -0.39 is 18.4 Å². The number of hydrogen-bond donors (Lipinski definition) is 4. The van der Waals surface area contributed by atoms with E-state index >= 15 is 0 Å². The minimum Gasteiger partial charge on any atom is -0.482 e. The summed E-state index contributed by atoms with van der Waals surface area (Å²) in [7, 11) is 1.70. The van der Waals surface area contributed by atoms with Crippen LogP contribution in [-0.4, -0.2) is 59.3 Å². The summed E-state index contributed by atoms with van der Waals surface area (Å²) in [5.74, 6) is -0.320. The molecule has 0 atom stereocenters. The number of hydrogen-bond acceptors (Lipinski definition) is 9. The first-order chi connectivity index (χ1) is 17.4. The number of anilines is 2. The number of rotatable bonds is 8. The number of carboxylic acids is 1. The molecule has 0 amide bonds. The molecule has 4 aromatic rings. The SMILES string of the molecule is CNc1cc(F)cc2c1[nH]c1nc(Oc3cc(C#N)cc(OCC(=O)O)c3)nc(N3CC(CN)C3)c12. The van der Waals surface area contributed by atoms with Crippen molar-refractivity contribution in [3.63, 3.8) is 0 Å². The number of nitrogens with two attached hydrogens (primary N) is 1. The highest BCUT2D eigenvalue weighted by molar-refractivity contribution is 6.14. The van der Waals surface area contributed by atoms with Crippen LogP contribution in [0.15, 0.2) is 30.3 Å². The summed E-state index contributed by atoms with van der Waals surface area (Å²) in [6.07, 6.45) is 0. The summed E-state index contributed by atoms with van der Waals surface area (Å²) < 4.78 is 25.5. The van der Waals surface area contributed by atoms with Crippen molar-refractivity contribution < 1.29 is 23.8 Å². The van der Waals surface area contributed by atoms with Gasteiger partial charge in [0.15, 0.2) is 6.61 Å². The Bertz CT molecular complexity index is 1520. The first-order valence-corrected chi connectivity index (χ1v) is 11.1. The van der Waals surface area contributed by atoms with Gasteiger partial charge < -0.3 is 35.5 Å². The van der Waals surface area contributed by atoms with Crippen molar-refractivity contribution in [2.24, 2.45) is 11.7 Å². The molecular formula is C24H22FN7O4. The van der Waals surface area contributed by atoms with Gasteiger partial charge in [-0.1, -0.05) is 0 Å². The zero-order valence-electron chi connectivity index (χ0n) is 19.2. The van der Waals surface area contributed by atoms with Gasteiger partial charge in [0.1, 0.15) is 28.8 Å². The Labute approximate surface area is 204 Å². The van der Waals surface area contributed by atoms with Gasteiger partial charge in [-0.05, 0) is 30.8 Å². The van der Waals surface area contributed by atoms with E-state index in [-0.39, 0.29) is 23.1 Å². The van der Waals surface area contributed by atoms with Gasteiger partial charge in [0.05, 0.1) is 28.2 Å². The summed E-state index contributed by atoms with van der Waals surface area (Å²) in [6.45, 7) is 1.33. The zero-order chi connectivity index (χ0) is 25.4. The third kappa shape index (κ3) is 4.27. The minimum atomic E-state index is -1.15. The van der Waals surface area contributed by atoms with Crippen molar-refractivity contribution in [2.45, 2.75) is 0 Å². The summed E-state index contributed by atoms with van der Waals surface area (Å²) >= 11 is 0. The third-order valence-corrected chi connectivity index (χ3v) is 5.93. The number of fused-ring (bicyclic) bond motifs is 3. The number of nitrogens with zero attached hydrogens (tertiary/aromatic N) is 4. The normalized spacial score (nSPS) is 13.4. The lowest BCUT2D eigenvalue weighted by molar-refractivity contribution is -0.139. The second-order valence-corrected chi connectivity index (χ2v) is 8.40. The second-order valence-electron chi connectivity index (χ2n) is 8.40. The fraction of sp³-hybridized carbons (Fsp3) is 0.250. The molecule has 1 fully saturated rings. The molecule has 0 unspecified atom stereocenters. The number of aliphatic carboxylic acids is 1. The molecule has 2 aromatic carbocycles. The Balaban J connectivity index is 1.61. The van der Waals surface area contributed by atoms with Crippen molar-refractivity contribution in [2.75, 3.05) is 43.5 Å². The molecule has 1 saturated heterocycles. The Morgan fingerprint density at radius 2 is 2.08 bits per heavy atom. The molecule has 1 aliphatic heterocycles. The van der Waals surface area contributed by atoms with Crippen LogP contribution in [0.4, 0.5) is 15.9 Å². The second kappa shape index (κ2) is 9.20. The molecule has 0 aliphatic carbocycles. The van der Waals surface area contributed by atoms with Gasteiger partial charge in [0.2, 0.25) is 0 Å². The average Bonchev–Trinajstić information content (AvgIpc) is 3.19. The van der Waals surface area contributed by atoms with Crippen LogP contribution >= 0.6 is 0 Å². The highest BCUT2D eigenvalue weighted by Crippen LogP contribution is 2.39. The number of nitrogens with one attached hydrogen (secondary N) is 2. The van der Waals surface area contributed by atoms with Gasteiger partial charge in [-0.2, -0.15) is 15.2 Å². The molecule has 0 spiro atoms. The van der Waals surface area contributed by atoms with Gasteiger partial charge >= 0.3 is 12.0 Å². The van der Waals surface area contributed by atoms with Crippen LogP contribution in [0.25, 0.3) is 21.9 Å². The maximum absolute atomic E-state index is 14.4. The molecule has 1 aliphatic rings. The summed E-state index contributed by atoms with van der Waals surface area (Å²) in [4.78, 5) is 25.3. The largest absolute Gasteiger partial charge is 0.482 e. The van der Waals surface area contributed by atoms with E-state index in [1.807, 2.05) is 11.0 Å². The fourth-order valence-corrected chi connectivity index (χ4v) is 4.22. The van der Waals surface area contributed by atoms with Gasteiger partial charge in [0, 0.05) is 37.5 Å². The number of aromatic amines is 1. The molecule has 3 heterocycles. The summed E-state index contributed by atoms with van der Waals surface area (Å²) in [5.41, 5.74) is 7.71. The highest BCUT2D eigenvalue weighted by atomic mass is 19.1. The molecule has 12 heteroatoms. The highest BCUT2D eigenvalue weighted by Gasteiger charge is 2.30. The molecule has 36 heavy (non-hydrogen) atoms. The number of carbonyl (C=O) groups is 1. The smallest absolute Gasteiger partial charge is 0.341 e. The van der Waals surface area contributed by atoms with Gasteiger partial charge in [-0.25, -0.2) is 9.18 Å². The number of aromatic nitrogens is 3. The maximum atomic E-state index is 14.4. The predicted octanol–water partition coefficient (Wildman–Crippen LogP) is 2.81. The van der Waals surface area contributed by atoms with Crippen LogP contribution in [0.2, 0.25) is 0 Å². The third-order valence-electron chi connectivity index (χ3n) is 5.93. The predicted molar refractivity (Wildman–Crippen MR) is 130 cm³/mol. The molecule has 2 aromatic heterocycles. The van der Waals surface area contributed by atoms with E-state index in [2.05, 4.69) is 20.3 Å².